The standard InChI is InChI=1S/C5H6BrN3O2S/c6-4-1-2-5(8-3-4)9-12(7,10)11/h1-3H,(H,8,9)(H2,7,10,11). The lowest BCUT2D eigenvalue weighted by Gasteiger charge is -2.00. The summed E-state index contributed by atoms with van der Waals surface area (Å²) in [7, 11) is -3.72. The lowest BCUT2D eigenvalue weighted by Crippen LogP contribution is -2.22. The van der Waals surface area contributed by atoms with E-state index in [0.29, 0.717) is 0 Å². The lowest BCUT2D eigenvalue weighted by molar-refractivity contribution is 0.602. The number of rotatable bonds is 2. The van der Waals surface area contributed by atoms with Gasteiger partial charge < -0.3 is 0 Å². The average Bonchev–Trinajstić information content (AvgIpc) is 1.91. The number of nitrogens with zero attached hydrogens (tertiary/aromatic N) is 1. The Balaban J connectivity index is 2.85. The number of halogens is 1. The number of aromatic nitrogens is 1. The second-order valence-corrected chi connectivity index (χ2v) is 4.22. The molecular formula is C5H6BrN3O2S. The normalized spacial score (nSPS) is 11.2. The van der Waals surface area contributed by atoms with Gasteiger partial charge in [0.2, 0.25) is 0 Å². The minimum Gasteiger partial charge on any atom is -0.255 e. The topological polar surface area (TPSA) is 85.1 Å². The van der Waals surface area contributed by atoms with Crippen LogP contribution < -0.4 is 9.86 Å². The Morgan fingerprint density at radius 2 is 2.17 bits per heavy atom. The van der Waals surface area contributed by atoms with Crippen molar-refractivity contribution in [3.63, 3.8) is 0 Å². The van der Waals surface area contributed by atoms with E-state index < -0.39 is 10.2 Å². The Morgan fingerprint density at radius 3 is 2.58 bits per heavy atom. The Hall–Kier alpha value is -0.660. The average molecular weight is 252 g/mol. The van der Waals surface area contributed by atoms with Gasteiger partial charge in [-0.25, -0.2) is 10.1 Å². The van der Waals surface area contributed by atoms with Crippen molar-refractivity contribution in [1.29, 1.82) is 0 Å². The van der Waals surface area contributed by atoms with Crippen LogP contribution in [0.3, 0.4) is 0 Å². The molecule has 66 valence electrons. The fourth-order valence-corrected chi connectivity index (χ4v) is 1.23. The van der Waals surface area contributed by atoms with Crippen molar-refractivity contribution >= 4 is 32.0 Å². The van der Waals surface area contributed by atoms with E-state index in [1.807, 2.05) is 4.72 Å². The van der Waals surface area contributed by atoms with Gasteiger partial charge in [-0.05, 0) is 28.1 Å². The molecule has 0 amide bonds. The molecule has 0 saturated carbocycles. The van der Waals surface area contributed by atoms with E-state index in [-0.39, 0.29) is 5.82 Å². The van der Waals surface area contributed by atoms with E-state index in [9.17, 15) is 8.42 Å². The number of nitrogens with one attached hydrogen (secondary N) is 1. The molecule has 5 nitrogen and oxygen atoms in total. The first-order valence-corrected chi connectivity index (χ1v) is 5.23. The molecule has 0 fully saturated rings. The molecule has 0 unspecified atom stereocenters. The molecule has 0 aliphatic carbocycles. The zero-order valence-electron chi connectivity index (χ0n) is 5.86. The molecule has 0 aliphatic rings. The predicted octanol–water partition coefficient (Wildman–Crippen LogP) is 0.459. The first-order valence-electron chi connectivity index (χ1n) is 2.89. The summed E-state index contributed by atoms with van der Waals surface area (Å²) in [5, 5.41) is 4.71. The molecular weight excluding hydrogens is 246 g/mol. The minimum absolute atomic E-state index is 0.195. The maximum Gasteiger partial charge on any atom is 0.297 e. The maximum absolute atomic E-state index is 10.5. The van der Waals surface area contributed by atoms with Crippen molar-refractivity contribution in [2.24, 2.45) is 5.14 Å². The molecule has 12 heavy (non-hydrogen) atoms. The van der Waals surface area contributed by atoms with Gasteiger partial charge in [0.15, 0.2) is 0 Å². The lowest BCUT2D eigenvalue weighted by atomic mass is 10.5. The Morgan fingerprint density at radius 1 is 1.50 bits per heavy atom. The van der Waals surface area contributed by atoms with Crippen molar-refractivity contribution in [3.05, 3.63) is 22.8 Å². The van der Waals surface area contributed by atoms with Crippen LogP contribution in [-0.4, -0.2) is 13.4 Å². The van der Waals surface area contributed by atoms with E-state index in [0.717, 1.165) is 4.47 Å². The molecule has 3 N–H and O–H groups in total. The van der Waals surface area contributed by atoms with Crippen LogP contribution in [0.5, 0.6) is 0 Å². The SMILES string of the molecule is NS(=O)(=O)Nc1ccc(Br)cn1. The summed E-state index contributed by atoms with van der Waals surface area (Å²) in [6.45, 7) is 0. The molecule has 0 aliphatic heterocycles. The molecule has 1 aromatic heterocycles. The Bertz CT molecular complexity index is 361. The van der Waals surface area contributed by atoms with Crippen molar-refractivity contribution in [3.8, 4) is 0 Å². The molecule has 0 radical (unpaired) electrons. The number of hydrogen-bond donors (Lipinski definition) is 2. The van der Waals surface area contributed by atoms with Crippen LogP contribution in [0.1, 0.15) is 0 Å². The fourth-order valence-electron chi connectivity index (χ4n) is 0.582. The van der Waals surface area contributed by atoms with Gasteiger partial charge in [-0.1, -0.05) is 0 Å². The maximum atomic E-state index is 10.5. The van der Waals surface area contributed by atoms with Gasteiger partial charge in [-0.3, -0.25) is 4.72 Å². The van der Waals surface area contributed by atoms with Gasteiger partial charge in [0.1, 0.15) is 5.82 Å². The van der Waals surface area contributed by atoms with E-state index in [1.54, 1.807) is 6.07 Å². The summed E-state index contributed by atoms with van der Waals surface area (Å²) in [5.41, 5.74) is 0. The summed E-state index contributed by atoms with van der Waals surface area (Å²) in [6.07, 6.45) is 1.47. The van der Waals surface area contributed by atoms with E-state index in [4.69, 9.17) is 5.14 Å². The van der Waals surface area contributed by atoms with Gasteiger partial charge in [-0.15, -0.1) is 0 Å². The zero-order chi connectivity index (χ0) is 9.19. The molecule has 1 heterocycles. The van der Waals surface area contributed by atoms with E-state index in [1.165, 1.54) is 12.3 Å². The second-order valence-electron chi connectivity index (χ2n) is 2.01. The van der Waals surface area contributed by atoms with Crippen molar-refractivity contribution in [2.75, 3.05) is 4.72 Å². The van der Waals surface area contributed by atoms with E-state index >= 15 is 0 Å². The third-order valence-electron chi connectivity index (χ3n) is 0.974. The first-order chi connectivity index (χ1) is 5.47. The molecule has 0 atom stereocenters. The van der Waals surface area contributed by atoms with Crippen LogP contribution in [0.2, 0.25) is 0 Å². The summed E-state index contributed by atoms with van der Waals surface area (Å²) in [6, 6.07) is 3.15. The number of pyridine rings is 1. The third kappa shape index (κ3) is 3.16. The number of anilines is 1. The summed E-state index contributed by atoms with van der Waals surface area (Å²) >= 11 is 3.15. The molecule has 0 spiro atoms. The number of hydrogen-bond acceptors (Lipinski definition) is 3. The van der Waals surface area contributed by atoms with E-state index in [2.05, 4.69) is 20.9 Å². The summed E-state index contributed by atoms with van der Waals surface area (Å²) in [4.78, 5) is 3.75. The van der Waals surface area contributed by atoms with Crippen LogP contribution >= 0.6 is 15.9 Å². The fraction of sp³-hybridized carbons (Fsp3) is 0. The zero-order valence-corrected chi connectivity index (χ0v) is 8.26. The van der Waals surface area contributed by atoms with Crippen molar-refractivity contribution < 1.29 is 8.42 Å². The van der Waals surface area contributed by atoms with Crippen molar-refractivity contribution in [2.45, 2.75) is 0 Å². The highest BCUT2D eigenvalue weighted by atomic mass is 79.9. The van der Waals surface area contributed by atoms with Crippen LogP contribution in [0.15, 0.2) is 22.8 Å². The number of nitrogens with two attached hydrogens (primary N) is 1. The summed E-state index contributed by atoms with van der Waals surface area (Å²) in [5.74, 6) is 0.195. The highest BCUT2D eigenvalue weighted by molar-refractivity contribution is 9.10. The van der Waals surface area contributed by atoms with Gasteiger partial charge in [0.25, 0.3) is 10.2 Å². The van der Waals surface area contributed by atoms with Crippen LogP contribution in [0.25, 0.3) is 0 Å². The molecule has 7 heteroatoms. The molecule has 0 bridgehead atoms. The van der Waals surface area contributed by atoms with Crippen molar-refractivity contribution in [1.82, 2.24) is 4.98 Å². The third-order valence-corrected chi connectivity index (χ3v) is 1.94. The monoisotopic (exact) mass is 251 g/mol. The predicted molar refractivity (Wildman–Crippen MR) is 48.7 cm³/mol. The Labute approximate surface area is 78.3 Å². The van der Waals surface area contributed by atoms with Crippen LogP contribution in [-0.2, 0) is 10.2 Å². The van der Waals surface area contributed by atoms with Crippen LogP contribution in [0.4, 0.5) is 5.82 Å². The molecule has 0 saturated heterocycles. The highest BCUT2D eigenvalue weighted by Crippen LogP contribution is 2.10. The first kappa shape index (κ1) is 9.43. The van der Waals surface area contributed by atoms with Gasteiger partial charge in [0, 0.05) is 10.7 Å². The van der Waals surface area contributed by atoms with Crippen LogP contribution in [0, 0.1) is 0 Å². The molecule has 0 aromatic carbocycles. The second kappa shape index (κ2) is 3.38. The smallest absolute Gasteiger partial charge is 0.255 e. The summed E-state index contributed by atoms with van der Waals surface area (Å²) < 4.78 is 23.8. The van der Waals surface area contributed by atoms with Gasteiger partial charge in [-0.2, -0.15) is 8.42 Å². The van der Waals surface area contributed by atoms with Gasteiger partial charge in [0.05, 0.1) is 0 Å². The Kier molecular flexibility index (Phi) is 2.65. The molecule has 1 rings (SSSR count). The minimum atomic E-state index is -3.72. The largest absolute Gasteiger partial charge is 0.297 e. The molecule has 1 aromatic rings. The highest BCUT2D eigenvalue weighted by Gasteiger charge is 2.01. The van der Waals surface area contributed by atoms with Gasteiger partial charge >= 0.3 is 0 Å². The quantitative estimate of drug-likeness (QED) is 0.801.